The van der Waals surface area contributed by atoms with Crippen molar-refractivity contribution < 1.29 is 18.0 Å². The molecule has 1 amide bonds. The number of carbonyl (C=O) groups excluding carboxylic acids is 1. The fraction of sp³-hybridized carbons (Fsp3) is 0.500. The van der Waals surface area contributed by atoms with Crippen LogP contribution < -0.4 is 5.73 Å². The van der Waals surface area contributed by atoms with Crippen molar-refractivity contribution in [2.24, 2.45) is 5.73 Å². The highest BCUT2D eigenvalue weighted by molar-refractivity contribution is 5.91. The molecule has 0 spiro atoms. The van der Waals surface area contributed by atoms with Crippen LogP contribution in [0.3, 0.4) is 0 Å². The van der Waals surface area contributed by atoms with Crippen molar-refractivity contribution in [1.82, 2.24) is 0 Å². The fourth-order valence-electron chi connectivity index (χ4n) is 0.416. The standard InChI is InChI=1S/C6H8F3NO/c1-4(5(10)11)2-3-6(7,8)9/h1-3H2,(H2,10,11). The first-order chi connectivity index (χ1) is 4.83. The van der Waals surface area contributed by atoms with Gasteiger partial charge in [-0.25, -0.2) is 0 Å². The second-order valence-electron chi connectivity index (χ2n) is 2.08. The molecule has 2 N–H and O–H groups in total. The highest BCUT2D eigenvalue weighted by atomic mass is 19.4. The highest BCUT2D eigenvalue weighted by Gasteiger charge is 2.27. The lowest BCUT2D eigenvalue weighted by atomic mass is 10.1. The van der Waals surface area contributed by atoms with E-state index in [1.165, 1.54) is 0 Å². The molecular weight excluding hydrogens is 159 g/mol. The minimum atomic E-state index is -4.25. The lowest BCUT2D eigenvalue weighted by Gasteiger charge is -2.04. The summed E-state index contributed by atoms with van der Waals surface area (Å²) in [6.07, 6.45) is -5.72. The lowest BCUT2D eigenvalue weighted by Crippen LogP contribution is -2.15. The molecule has 0 aromatic rings. The molecule has 0 aliphatic carbocycles. The highest BCUT2D eigenvalue weighted by Crippen LogP contribution is 2.23. The zero-order valence-corrected chi connectivity index (χ0v) is 5.74. The molecule has 2 nitrogen and oxygen atoms in total. The molecule has 0 heterocycles. The van der Waals surface area contributed by atoms with Crippen molar-refractivity contribution in [3.63, 3.8) is 0 Å². The van der Waals surface area contributed by atoms with Crippen LogP contribution in [0.25, 0.3) is 0 Å². The third-order valence-corrected chi connectivity index (χ3v) is 1.06. The molecule has 0 fully saturated rings. The van der Waals surface area contributed by atoms with E-state index in [2.05, 4.69) is 12.3 Å². The summed E-state index contributed by atoms with van der Waals surface area (Å²) in [5.74, 6) is -0.880. The van der Waals surface area contributed by atoms with Gasteiger partial charge >= 0.3 is 6.18 Å². The molecule has 0 aromatic carbocycles. The van der Waals surface area contributed by atoms with Crippen LogP contribution in [0.15, 0.2) is 12.2 Å². The second kappa shape index (κ2) is 3.41. The average Bonchev–Trinajstić information content (AvgIpc) is 1.80. The van der Waals surface area contributed by atoms with Crippen molar-refractivity contribution in [3.8, 4) is 0 Å². The van der Waals surface area contributed by atoms with E-state index in [0.717, 1.165) is 0 Å². The van der Waals surface area contributed by atoms with Gasteiger partial charge in [-0.05, 0) is 6.42 Å². The van der Waals surface area contributed by atoms with Crippen molar-refractivity contribution in [2.75, 3.05) is 0 Å². The Balaban J connectivity index is 3.73. The first-order valence-corrected chi connectivity index (χ1v) is 2.87. The number of halogens is 3. The van der Waals surface area contributed by atoms with E-state index in [1.807, 2.05) is 0 Å². The van der Waals surface area contributed by atoms with E-state index in [9.17, 15) is 18.0 Å². The van der Waals surface area contributed by atoms with Gasteiger partial charge in [-0.1, -0.05) is 6.58 Å². The smallest absolute Gasteiger partial charge is 0.366 e. The van der Waals surface area contributed by atoms with Crippen LogP contribution in [0.2, 0.25) is 0 Å². The summed E-state index contributed by atoms with van der Waals surface area (Å²) >= 11 is 0. The van der Waals surface area contributed by atoms with Gasteiger partial charge in [-0.3, -0.25) is 4.79 Å². The molecule has 0 bridgehead atoms. The zero-order valence-electron chi connectivity index (χ0n) is 5.74. The van der Waals surface area contributed by atoms with E-state index >= 15 is 0 Å². The number of amides is 1. The predicted octanol–water partition coefficient (Wildman–Crippen LogP) is 1.37. The number of primary amides is 1. The molecule has 0 radical (unpaired) electrons. The summed E-state index contributed by atoms with van der Waals surface area (Å²) in [6, 6.07) is 0. The van der Waals surface area contributed by atoms with E-state index in [-0.39, 0.29) is 5.57 Å². The van der Waals surface area contributed by atoms with Crippen LogP contribution in [-0.2, 0) is 4.79 Å². The average molecular weight is 167 g/mol. The Morgan fingerprint density at radius 1 is 1.45 bits per heavy atom. The lowest BCUT2D eigenvalue weighted by molar-refractivity contribution is -0.134. The molecule has 0 atom stereocenters. The number of hydrogen-bond donors (Lipinski definition) is 1. The number of rotatable bonds is 3. The van der Waals surface area contributed by atoms with Gasteiger partial charge in [-0.2, -0.15) is 13.2 Å². The van der Waals surface area contributed by atoms with E-state index in [1.54, 1.807) is 0 Å². The Hall–Kier alpha value is -1.00. The number of hydrogen-bond acceptors (Lipinski definition) is 1. The summed E-state index contributed by atoms with van der Waals surface area (Å²) in [6.45, 7) is 3.08. The Labute approximate surface area is 61.9 Å². The van der Waals surface area contributed by atoms with Crippen molar-refractivity contribution >= 4 is 5.91 Å². The van der Waals surface area contributed by atoms with Crippen LogP contribution in [0.1, 0.15) is 12.8 Å². The number of alkyl halides is 3. The molecule has 5 heteroatoms. The van der Waals surface area contributed by atoms with Crippen molar-refractivity contribution in [2.45, 2.75) is 19.0 Å². The molecule has 0 unspecified atom stereocenters. The van der Waals surface area contributed by atoms with Gasteiger partial charge in [0, 0.05) is 12.0 Å². The molecule has 0 aliphatic rings. The summed E-state index contributed by atoms with van der Waals surface area (Å²) in [5.41, 5.74) is 4.47. The van der Waals surface area contributed by atoms with Gasteiger partial charge in [0.15, 0.2) is 0 Å². The van der Waals surface area contributed by atoms with Gasteiger partial charge in [0.1, 0.15) is 0 Å². The third-order valence-electron chi connectivity index (χ3n) is 1.06. The minimum Gasteiger partial charge on any atom is -0.366 e. The monoisotopic (exact) mass is 167 g/mol. The maximum atomic E-state index is 11.5. The first kappa shape index (κ1) is 10.0. The molecule has 0 aliphatic heterocycles. The molecular formula is C6H8F3NO. The minimum absolute atomic E-state index is 0.192. The zero-order chi connectivity index (χ0) is 9.07. The number of carbonyl (C=O) groups is 1. The SMILES string of the molecule is C=C(CCC(F)(F)F)C(N)=O. The molecule has 11 heavy (non-hydrogen) atoms. The molecule has 0 saturated heterocycles. The van der Waals surface area contributed by atoms with Gasteiger partial charge in [0.25, 0.3) is 0 Å². The molecule has 0 saturated carbocycles. The largest absolute Gasteiger partial charge is 0.389 e. The Kier molecular flexibility index (Phi) is 3.10. The van der Waals surface area contributed by atoms with Crippen molar-refractivity contribution in [1.29, 1.82) is 0 Å². The van der Waals surface area contributed by atoms with Crippen molar-refractivity contribution in [3.05, 3.63) is 12.2 Å². The second-order valence-corrected chi connectivity index (χ2v) is 2.08. The molecule has 64 valence electrons. The van der Waals surface area contributed by atoms with Crippen LogP contribution in [-0.4, -0.2) is 12.1 Å². The Bertz CT molecular complexity index is 173. The summed E-state index contributed by atoms with van der Waals surface area (Å²) in [7, 11) is 0. The van der Waals surface area contributed by atoms with Crippen LogP contribution in [0.5, 0.6) is 0 Å². The van der Waals surface area contributed by atoms with Crippen LogP contribution in [0.4, 0.5) is 13.2 Å². The molecule has 0 aromatic heterocycles. The van der Waals surface area contributed by atoms with E-state index in [4.69, 9.17) is 0 Å². The maximum absolute atomic E-state index is 11.5. The summed E-state index contributed by atoms with van der Waals surface area (Å²) < 4.78 is 34.5. The Morgan fingerprint density at radius 2 is 1.91 bits per heavy atom. The first-order valence-electron chi connectivity index (χ1n) is 2.87. The number of nitrogens with two attached hydrogens (primary N) is 1. The van der Waals surface area contributed by atoms with Gasteiger partial charge in [0.05, 0.1) is 0 Å². The van der Waals surface area contributed by atoms with Gasteiger partial charge in [0.2, 0.25) is 5.91 Å². The van der Waals surface area contributed by atoms with Gasteiger partial charge in [-0.15, -0.1) is 0 Å². The fourth-order valence-corrected chi connectivity index (χ4v) is 0.416. The topological polar surface area (TPSA) is 43.1 Å². The van der Waals surface area contributed by atoms with E-state index < -0.39 is 24.9 Å². The summed E-state index contributed by atoms with van der Waals surface area (Å²) in [5, 5.41) is 0. The third kappa shape index (κ3) is 5.44. The van der Waals surface area contributed by atoms with Crippen LogP contribution in [0, 0.1) is 0 Å². The quantitative estimate of drug-likeness (QED) is 0.634. The normalized spacial score (nSPS) is 11.2. The van der Waals surface area contributed by atoms with Crippen LogP contribution >= 0.6 is 0 Å². The maximum Gasteiger partial charge on any atom is 0.389 e. The summed E-state index contributed by atoms with van der Waals surface area (Å²) in [4.78, 5) is 10.2. The van der Waals surface area contributed by atoms with E-state index in [0.29, 0.717) is 0 Å². The van der Waals surface area contributed by atoms with Gasteiger partial charge < -0.3 is 5.73 Å². The predicted molar refractivity (Wildman–Crippen MR) is 33.6 cm³/mol. The molecule has 0 rings (SSSR count). The Morgan fingerprint density at radius 3 is 2.18 bits per heavy atom.